The lowest BCUT2D eigenvalue weighted by Crippen LogP contribution is -2.45. The lowest BCUT2D eigenvalue weighted by atomic mass is 10.5. The molecule has 6 heteroatoms. The van der Waals surface area contributed by atoms with E-state index in [9.17, 15) is 4.79 Å². The summed E-state index contributed by atoms with van der Waals surface area (Å²) in [5.74, 6) is -0.266. The molecule has 0 unspecified atom stereocenters. The highest BCUT2D eigenvalue weighted by atomic mass is 28.4. The average Bonchev–Trinajstić information content (AvgIpc) is 2.24. The molecule has 0 saturated carbocycles. The topological polar surface area (TPSA) is 54.0 Å². The Labute approximate surface area is 98.4 Å². The van der Waals surface area contributed by atoms with Crippen molar-refractivity contribution in [1.29, 1.82) is 0 Å². The summed E-state index contributed by atoms with van der Waals surface area (Å²) in [6.07, 6.45) is 0.694. The molecule has 96 valence electrons. The van der Waals surface area contributed by atoms with Crippen molar-refractivity contribution in [3.8, 4) is 0 Å². The second-order valence-corrected chi connectivity index (χ2v) is 6.05. The molecule has 0 atom stereocenters. The van der Waals surface area contributed by atoms with Crippen molar-refractivity contribution in [3.63, 3.8) is 0 Å². The van der Waals surface area contributed by atoms with E-state index in [1.54, 1.807) is 7.11 Å². The highest BCUT2D eigenvalue weighted by Crippen LogP contribution is 2.16. The molecule has 0 spiro atoms. The van der Waals surface area contributed by atoms with Crippen LogP contribution in [0.1, 0.15) is 27.2 Å². The van der Waals surface area contributed by atoms with Crippen LogP contribution in [0.15, 0.2) is 0 Å². The molecule has 0 aliphatic heterocycles. The Hall–Kier alpha value is -0.433. The number of rotatable bonds is 9. The van der Waals surface area contributed by atoms with Gasteiger partial charge in [-0.2, -0.15) is 0 Å². The molecule has 16 heavy (non-hydrogen) atoms. The zero-order chi connectivity index (χ0) is 12.4. The van der Waals surface area contributed by atoms with Crippen molar-refractivity contribution in [3.05, 3.63) is 0 Å². The molecular weight excluding hydrogens is 228 g/mol. The lowest BCUT2D eigenvalue weighted by Gasteiger charge is -2.26. The van der Waals surface area contributed by atoms with Crippen LogP contribution in [0.2, 0.25) is 6.04 Å². The number of ether oxygens (including phenoxy) is 1. The van der Waals surface area contributed by atoms with Crippen LogP contribution < -0.4 is 0 Å². The Morgan fingerprint density at radius 1 is 1.19 bits per heavy atom. The molecular formula is C10H22O5Si. The molecule has 0 heterocycles. The molecule has 0 fully saturated rings. The Balaban J connectivity index is 4.03. The summed E-state index contributed by atoms with van der Waals surface area (Å²) in [6, 6.07) is 0.665. The summed E-state index contributed by atoms with van der Waals surface area (Å²) in [4.78, 5) is 10.6. The molecule has 0 bridgehead atoms. The van der Waals surface area contributed by atoms with Gasteiger partial charge in [-0.15, -0.1) is 0 Å². The highest BCUT2D eigenvalue weighted by Gasteiger charge is 2.38. The van der Waals surface area contributed by atoms with Crippen molar-refractivity contribution in [2.75, 3.05) is 26.9 Å². The number of esters is 1. The average molecular weight is 250 g/mol. The van der Waals surface area contributed by atoms with Gasteiger partial charge in [0.1, 0.15) is 0 Å². The minimum atomic E-state index is -2.53. The van der Waals surface area contributed by atoms with E-state index in [1.165, 1.54) is 6.92 Å². The van der Waals surface area contributed by atoms with E-state index >= 15 is 0 Å². The van der Waals surface area contributed by atoms with Crippen LogP contribution >= 0.6 is 0 Å². The van der Waals surface area contributed by atoms with Crippen LogP contribution in [0.5, 0.6) is 0 Å². The Kier molecular flexibility index (Phi) is 8.45. The SMILES string of the molecule is CCO[Si](CCCOC(C)=O)(OC)OCC. The zero-order valence-electron chi connectivity index (χ0n) is 10.6. The van der Waals surface area contributed by atoms with Gasteiger partial charge in [0.15, 0.2) is 0 Å². The van der Waals surface area contributed by atoms with Crippen molar-refractivity contribution in [2.45, 2.75) is 33.2 Å². The molecule has 0 aromatic heterocycles. The first-order valence-electron chi connectivity index (χ1n) is 5.56. The molecule has 0 aromatic carbocycles. The largest absolute Gasteiger partial charge is 0.500 e. The Morgan fingerprint density at radius 3 is 2.12 bits per heavy atom. The molecule has 0 saturated heterocycles. The third-order valence-corrected chi connectivity index (χ3v) is 5.02. The fourth-order valence-corrected chi connectivity index (χ4v) is 3.62. The predicted octanol–water partition coefficient (Wildman–Crippen LogP) is 1.60. The van der Waals surface area contributed by atoms with E-state index in [2.05, 4.69) is 0 Å². The molecule has 0 aromatic rings. The van der Waals surface area contributed by atoms with Gasteiger partial charge in [0.05, 0.1) is 6.61 Å². The normalized spacial score (nSPS) is 11.5. The van der Waals surface area contributed by atoms with Gasteiger partial charge in [0, 0.05) is 33.3 Å². The number of hydrogen-bond acceptors (Lipinski definition) is 5. The first-order valence-corrected chi connectivity index (χ1v) is 7.49. The summed E-state index contributed by atoms with van der Waals surface area (Å²) in [7, 11) is -0.932. The monoisotopic (exact) mass is 250 g/mol. The molecule has 0 N–H and O–H groups in total. The van der Waals surface area contributed by atoms with Gasteiger partial charge >= 0.3 is 14.8 Å². The molecule has 0 rings (SSSR count). The summed E-state index contributed by atoms with van der Waals surface area (Å²) in [5.41, 5.74) is 0. The molecule has 0 aliphatic rings. The van der Waals surface area contributed by atoms with Gasteiger partial charge in [0.2, 0.25) is 0 Å². The van der Waals surface area contributed by atoms with Crippen molar-refractivity contribution in [1.82, 2.24) is 0 Å². The van der Waals surface area contributed by atoms with Crippen molar-refractivity contribution < 1.29 is 22.8 Å². The second kappa shape index (κ2) is 8.69. The van der Waals surface area contributed by atoms with Crippen LogP contribution in [-0.2, 0) is 22.8 Å². The number of carbonyl (C=O) groups excluding carboxylic acids is 1. The third-order valence-electron chi connectivity index (χ3n) is 1.97. The molecule has 5 nitrogen and oxygen atoms in total. The van der Waals surface area contributed by atoms with E-state index in [-0.39, 0.29) is 5.97 Å². The van der Waals surface area contributed by atoms with Gasteiger partial charge in [-0.05, 0) is 20.3 Å². The highest BCUT2D eigenvalue weighted by molar-refractivity contribution is 6.60. The number of carbonyl (C=O) groups is 1. The standard InChI is InChI=1S/C10H22O5Si/c1-5-14-16(12-4,15-6-2)9-7-8-13-10(3)11/h5-9H2,1-4H3. The summed E-state index contributed by atoms with van der Waals surface area (Å²) in [5, 5.41) is 0. The quantitative estimate of drug-likeness (QED) is 0.353. The second-order valence-electron chi connectivity index (χ2n) is 3.20. The van der Waals surface area contributed by atoms with Crippen LogP contribution in [0.25, 0.3) is 0 Å². The van der Waals surface area contributed by atoms with Gasteiger partial charge in [0.25, 0.3) is 0 Å². The maximum absolute atomic E-state index is 10.6. The van der Waals surface area contributed by atoms with Gasteiger partial charge in [-0.1, -0.05) is 0 Å². The van der Waals surface area contributed by atoms with E-state index in [4.69, 9.17) is 18.0 Å². The maximum Gasteiger partial charge on any atom is 0.500 e. The summed E-state index contributed by atoms with van der Waals surface area (Å²) in [6.45, 7) is 6.72. The smallest absolute Gasteiger partial charge is 0.466 e. The predicted molar refractivity (Wildman–Crippen MR) is 62.1 cm³/mol. The third kappa shape index (κ3) is 6.22. The van der Waals surface area contributed by atoms with Crippen LogP contribution in [0.3, 0.4) is 0 Å². The van der Waals surface area contributed by atoms with Crippen molar-refractivity contribution in [2.24, 2.45) is 0 Å². The number of hydrogen-bond donors (Lipinski definition) is 0. The lowest BCUT2D eigenvalue weighted by molar-refractivity contribution is -0.141. The molecule has 0 amide bonds. The van der Waals surface area contributed by atoms with Crippen molar-refractivity contribution >= 4 is 14.8 Å². The van der Waals surface area contributed by atoms with Gasteiger partial charge in [-0.25, -0.2) is 0 Å². The first kappa shape index (κ1) is 15.6. The summed E-state index contributed by atoms with van der Waals surface area (Å²) >= 11 is 0. The Morgan fingerprint density at radius 2 is 1.75 bits per heavy atom. The maximum atomic E-state index is 10.6. The van der Waals surface area contributed by atoms with Crippen LogP contribution in [-0.4, -0.2) is 41.7 Å². The van der Waals surface area contributed by atoms with Crippen LogP contribution in [0.4, 0.5) is 0 Å². The van der Waals surface area contributed by atoms with E-state index in [0.29, 0.717) is 32.3 Å². The van der Waals surface area contributed by atoms with Crippen LogP contribution in [0, 0.1) is 0 Å². The molecule has 0 aliphatic carbocycles. The minimum Gasteiger partial charge on any atom is -0.466 e. The van der Waals surface area contributed by atoms with E-state index in [0.717, 1.165) is 0 Å². The fourth-order valence-electron chi connectivity index (χ4n) is 1.35. The first-order chi connectivity index (χ1) is 7.60. The Bertz CT molecular complexity index is 192. The zero-order valence-corrected chi connectivity index (χ0v) is 11.6. The molecule has 0 radical (unpaired) electrons. The van der Waals surface area contributed by atoms with Gasteiger partial charge < -0.3 is 18.0 Å². The summed E-state index contributed by atoms with van der Waals surface area (Å²) < 4.78 is 21.4. The van der Waals surface area contributed by atoms with Gasteiger partial charge in [-0.3, -0.25) is 4.79 Å². The minimum absolute atomic E-state index is 0.266. The fraction of sp³-hybridized carbons (Fsp3) is 0.900. The van der Waals surface area contributed by atoms with E-state index < -0.39 is 8.80 Å². The van der Waals surface area contributed by atoms with E-state index in [1.807, 2.05) is 13.8 Å².